The van der Waals surface area contributed by atoms with Gasteiger partial charge in [0.05, 0.1) is 5.54 Å². The van der Waals surface area contributed by atoms with Crippen LogP contribution in [0.1, 0.15) is 39.0 Å². The van der Waals surface area contributed by atoms with Gasteiger partial charge in [-0.1, -0.05) is 19.3 Å². The lowest BCUT2D eigenvalue weighted by Crippen LogP contribution is -2.55. The topological polar surface area (TPSA) is 67.5 Å². The van der Waals surface area contributed by atoms with Gasteiger partial charge in [0.2, 0.25) is 5.91 Å². The monoisotopic (exact) mass is 197 g/mol. The third-order valence-corrected chi connectivity index (χ3v) is 2.95. The Morgan fingerprint density at radius 1 is 1.36 bits per heavy atom. The van der Waals surface area contributed by atoms with Gasteiger partial charge in [-0.25, -0.2) is 0 Å². The number of rotatable bonds is 2. The van der Waals surface area contributed by atoms with E-state index < -0.39 is 0 Å². The first-order valence-electron chi connectivity index (χ1n) is 5.15. The lowest BCUT2D eigenvalue weighted by atomic mass is 9.81. The number of nitrogens with one attached hydrogen (secondary N) is 1. The molecule has 0 aromatic rings. The normalized spacial score (nSPS) is 22.0. The van der Waals surface area contributed by atoms with Gasteiger partial charge in [-0.05, 0) is 19.9 Å². The highest BCUT2D eigenvalue weighted by molar-refractivity contribution is 5.98. The summed E-state index contributed by atoms with van der Waals surface area (Å²) >= 11 is 0. The van der Waals surface area contributed by atoms with Gasteiger partial charge < -0.3 is 11.1 Å². The van der Waals surface area contributed by atoms with Gasteiger partial charge in [0.25, 0.3) is 0 Å². The lowest BCUT2D eigenvalue weighted by Gasteiger charge is -2.36. The third kappa shape index (κ3) is 2.32. The quantitative estimate of drug-likeness (QED) is 0.508. The number of nitrogens with zero attached hydrogens (tertiary/aromatic N) is 1. The number of hydrogen-bond acceptors (Lipinski definition) is 2. The molecule has 14 heavy (non-hydrogen) atoms. The molecule has 1 aliphatic rings. The number of aliphatic imine (C=N–C) groups is 1. The molecule has 0 aliphatic heterocycles. The second-order valence-electron chi connectivity index (χ2n) is 3.91. The molecular weight excluding hydrogens is 178 g/mol. The zero-order valence-electron chi connectivity index (χ0n) is 8.97. The summed E-state index contributed by atoms with van der Waals surface area (Å²) < 4.78 is 0. The summed E-state index contributed by atoms with van der Waals surface area (Å²) in [5.74, 6) is 0.231. The molecule has 1 amide bonds. The molecular formula is C10H19N3O. The first-order chi connectivity index (χ1) is 6.60. The largest absolute Gasteiger partial charge is 0.385 e. The van der Waals surface area contributed by atoms with Crippen LogP contribution in [0.15, 0.2) is 4.99 Å². The van der Waals surface area contributed by atoms with Gasteiger partial charge in [-0.15, -0.1) is 0 Å². The molecule has 0 radical (unpaired) electrons. The maximum Gasteiger partial charge on any atom is 0.244 e. The SMILES string of the molecule is CNC1(C(N)=NC(C)=O)CCCCC1. The Kier molecular flexibility index (Phi) is 3.63. The molecule has 1 rings (SSSR count). The molecule has 1 fully saturated rings. The van der Waals surface area contributed by atoms with Crippen molar-refractivity contribution in [3.63, 3.8) is 0 Å². The fourth-order valence-corrected chi connectivity index (χ4v) is 2.07. The fraction of sp³-hybridized carbons (Fsp3) is 0.800. The molecule has 0 saturated heterocycles. The van der Waals surface area contributed by atoms with E-state index in [4.69, 9.17) is 5.73 Å². The Morgan fingerprint density at radius 3 is 2.36 bits per heavy atom. The van der Waals surface area contributed by atoms with Crippen molar-refractivity contribution in [2.24, 2.45) is 10.7 Å². The molecule has 1 saturated carbocycles. The first-order valence-corrected chi connectivity index (χ1v) is 5.15. The lowest BCUT2D eigenvalue weighted by molar-refractivity contribution is -0.115. The minimum atomic E-state index is -0.232. The molecule has 4 nitrogen and oxygen atoms in total. The molecule has 80 valence electrons. The molecule has 3 N–H and O–H groups in total. The van der Waals surface area contributed by atoms with E-state index in [2.05, 4.69) is 10.3 Å². The Labute approximate surface area is 85.0 Å². The molecule has 4 heteroatoms. The second-order valence-corrected chi connectivity index (χ2v) is 3.91. The number of carbonyl (C=O) groups excluding carboxylic acids is 1. The van der Waals surface area contributed by atoms with E-state index in [0.717, 1.165) is 25.7 Å². The van der Waals surface area contributed by atoms with Crippen LogP contribution in [0, 0.1) is 0 Å². The highest BCUT2D eigenvalue weighted by Crippen LogP contribution is 2.27. The summed E-state index contributed by atoms with van der Waals surface area (Å²) in [6.07, 6.45) is 5.50. The van der Waals surface area contributed by atoms with Crippen molar-refractivity contribution in [1.29, 1.82) is 0 Å². The summed E-state index contributed by atoms with van der Waals surface area (Å²) in [5.41, 5.74) is 5.63. The summed E-state index contributed by atoms with van der Waals surface area (Å²) in [6.45, 7) is 1.43. The van der Waals surface area contributed by atoms with Crippen molar-refractivity contribution >= 4 is 11.7 Å². The van der Waals surface area contributed by atoms with Crippen LogP contribution in [0.3, 0.4) is 0 Å². The molecule has 1 aliphatic carbocycles. The van der Waals surface area contributed by atoms with Crippen LogP contribution < -0.4 is 11.1 Å². The Bertz CT molecular complexity index is 242. The minimum Gasteiger partial charge on any atom is -0.385 e. The van der Waals surface area contributed by atoms with Gasteiger partial charge in [0.1, 0.15) is 5.84 Å². The summed E-state index contributed by atoms with van der Waals surface area (Å²) in [4.78, 5) is 14.7. The maximum absolute atomic E-state index is 10.9. The smallest absolute Gasteiger partial charge is 0.244 e. The standard InChI is InChI=1S/C10H19N3O/c1-8(14)13-9(11)10(12-2)6-4-3-5-7-10/h12H,3-7H2,1-2H3,(H2,11,13,14). The Hall–Kier alpha value is -0.900. The Morgan fingerprint density at radius 2 is 1.93 bits per heavy atom. The predicted molar refractivity (Wildman–Crippen MR) is 57.2 cm³/mol. The van der Waals surface area contributed by atoms with Gasteiger partial charge in [0, 0.05) is 6.92 Å². The van der Waals surface area contributed by atoms with Crippen molar-refractivity contribution in [3.05, 3.63) is 0 Å². The highest BCUT2D eigenvalue weighted by Gasteiger charge is 2.34. The second kappa shape index (κ2) is 4.55. The van der Waals surface area contributed by atoms with Crippen molar-refractivity contribution in [2.45, 2.75) is 44.6 Å². The van der Waals surface area contributed by atoms with Crippen LogP contribution in [0.5, 0.6) is 0 Å². The predicted octanol–water partition coefficient (Wildman–Crippen LogP) is 0.812. The van der Waals surface area contributed by atoms with Crippen LogP contribution >= 0.6 is 0 Å². The van der Waals surface area contributed by atoms with Crippen molar-refractivity contribution in [2.75, 3.05) is 7.05 Å². The minimum absolute atomic E-state index is 0.220. The number of hydrogen-bond donors (Lipinski definition) is 2. The van der Waals surface area contributed by atoms with Gasteiger partial charge in [-0.2, -0.15) is 4.99 Å². The molecule has 0 bridgehead atoms. The van der Waals surface area contributed by atoms with Crippen molar-refractivity contribution in [1.82, 2.24) is 5.32 Å². The number of amides is 1. The van der Waals surface area contributed by atoms with E-state index in [1.165, 1.54) is 13.3 Å². The van der Waals surface area contributed by atoms with Gasteiger partial charge in [-0.3, -0.25) is 4.79 Å². The first kappa shape index (κ1) is 11.2. The maximum atomic E-state index is 10.9. The van der Waals surface area contributed by atoms with E-state index in [-0.39, 0.29) is 11.4 Å². The fourth-order valence-electron chi connectivity index (χ4n) is 2.07. The summed E-state index contributed by atoms with van der Waals surface area (Å²) in [5, 5.41) is 3.21. The van der Waals surface area contributed by atoms with E-state index in [9.17, 15) is 4.79 Å². The average molecular weight is 197 g/mol. The van der Waals surface area contributed by atoms with E-state index >= 15 is 0 Å². The third-order valence-electron chi connectivity index (χ3n) is 2.95. The summed E-state index contributed by atoms with van der Waals surface area (Å²) in [7, 11) is 1.88. The van der Waals surface area contributed by atoms with E-state index in [1.54, 1.807) is 0 Å². The van der Waals surface area contributed by atoms with E-state index in [1.807, 2.05) is 7.05 Å². The van der Waals surface area contributed by atoms with Gasteiger partial charge in [0.15, 0.2) is 0 Å². The molecule has 0 heterocycles. The average Bonchev–Trinajstić information content (AvgIpc) is 2.18. The number of nitrogens with two attached hydrogens (primary N) is 1. The van der Waals surface area contributed by atoms with Crippen LogP contribution in [0.4, 0.5) is 0 Å². The van der Waals surface area contributed by atoms with Crippen LogP contribution in [-0.4, -0.2) is 24.3 Å². The molecule has 0 spiro atoms. The van der Waals surface area contributed by atoms with Crippen molar-refractivity contribution < 1.29 is 4.79 Å². The zero-order chi connectivity index (χ0) is 10.6. The zero-order valence-corrected chi connectivity index (χ0v) is 8.97. The number of amidine groups is 1. The van der Waals surface area contributed by atoms with Crippen LogP contribution in [0.2, 0.25) is 0 Å². The van der Waals surface area contributed by atoms with Gasteiger partial charge >= 0.3 is 0 Å². The van der Waals surface area contributed by atoms with Crippen LogP contribution in [0.25, 0.3) is 0 Å². The summed E-state index contributed by atoms with van der Waals surface area (Å²) in [6, 6.07) is 0. The number of carbonyl (C=O) groups is 1. The van der Waals surface area contributed by atoms with Crippen molar-refractivity contribution in [3.8, 4) is 0 Å². The molecule has 0 unspecified atom stereocenters. The molecule has 0 aromatic carbocycles. The highest BCUT2D eigenvalue weighted by atomic mass is 16.1. The molecule has 0 atom stereocenters. The van der Waals surface area contributed by atoms with E-state index in [0.29, 0.717) is 5.84 Å². The Balaban J connectivity index is 2.82. The number of likely N-dealkylation sites (N-methyl/N-ethyl adjacent to an activating group) is 1. The van der Waals surface area contributed by atoms with Crippen LogP contribution in [-0.2, 0) is 4.79 Å². The molecule has 0 aromatic heterocycles.